The molecular weight excluding hydrogens is 184 g/mol. The lowest BCUT2D eigenvalue weighted by molar-refractivity contribution is 0.0370. The van der Waals surface area contributed by atoms with Gasteiger partial charge in [-0.2, -0.15) is 0 Å². The summed E-state index contributed by atoms with van der Waals surface area (Å²) in [5, 5.41) is 18.1. The van der Waals surface area contributed by atoms with Crippen molar-refractivity contribution in [2.45, 2.75) is 25.0 Å². The molecule has 0 unspecified atom stereocenters. The minimum Gasteiger partial charge on any atom is -0.390 e. The third kappa shape index (κ3) is 1.53. The average Bonchev–Trinajstić information content (AvgIpc) is 1.83. The number of aliphatic hydroxyl groups excluding tert-OH is 2. The Kier molecular flexibility index (Phi) is 2.27. The van der Waals surface area contributed by atoms with Crippen LogP contribution in [0.5, 0.6) is 0 Å². The van der Waals surface area contributed by atoms with Crippen LogP contribution in [0.2, 0.25) is 0 Å². The van der Waals surface area contributed by atoms with Crippen LogP contribution in [0.3, 0.4) is 0 Å². The molecule has 0 aromatic rings. The van der Waals surface area contributed by atoms with E-state index in [4.69, 9.17) is 10.2 Å². The Labute approximate surface area is 62.3 Å². The smallest absolute Gasteiger partial charge is 0.111 e. The highest BCUT2D eigenvalue weighted by atomic mass is 79.9. The fourth-order valence-electron chi connectivity index (χ4n) is 0.854. The van der Waals surface area contributed by atoms with Gasteiger partial charge in [0.25, 0.3) is 0 Å². The second-order valence-electron chi connectivity index (χ2n) is 2.18. The highest BCUT2D eigenvalue weighted by Crippen LogP contribution is 2.22. The third-order valence-electron chi connectivity index (χ3n) is 1.45. The normalized spacial score (nSPS) is 36.1. The van der Waals surface area contributed by atoms with Crippen LogP contribution in [0.15, 0.2) is 10.6 Å². The fourth-order valence-corrected chi connectivity index (χ4v) is 1.39. The summed E-state index contributed by atoms with van der Waals surface area (Å²) >= 11 is 3.15. The summed E-state index contributed by atoms with van der Waals surface area (Å²) in [5.74, 6) is 0. The van der Waals surface area contributed by atoms with Crippen LogP contribution in [-0.2, 0) is 0 Å². The van der Waals surface area contributed by atoms with E-state index in [1.165, 1.54) is 0 Å². The zero-order chi connectivity index (χ0) is 6.85. The molecule has 1 rings (SSSR count). The van der Waals surface area contributed by atoms with Gasteiger partial charge in [-0.15, -0.1) is 0 Å². The number of hydrogen-bond donors (Lipinski definition) is 2. The van der Waals surface area contributed by atoms with Crippen molar-refractivity contribution in [3.63, 3.8) is 0 Å². The molecule has 1 aliphatic carbocycles. The van der Waals surface area contributed by atoms with Gasteiger partial charge in [-0.3, -0.25) is 0 Å². The van der Waals surface area contributed by atoms with Crippen molar-refractivity contribution in [2.75, 3.05) is 0 Å². The Bertz CT molecular complexity index is 133. The van der Waals surface area contributed by atoms with Crippen molar-refractivity contribution in [2.24, 2.45) is 0 Å². The van der Waals surface area contributed by atoms with Crippen molar-refractivity contribution < 1.29 is 10.2 Å². The number of hydrogen-bond acceptors (Lipinski definition) is 2. The molecule has 2 atom stereocenters. The molecule has 0 bridgehead atoms. The molecule has 0 heterocycles. The molecule has 0 amide bonds. The predicted molar refractivity (Wildman–Crippen MR) is 38.3 cm³/mol. The number of aliphatic hydroxyl groups is 2. The van der Waals surface area contributed by atoms with E-state index in [1.807, 2.05) is 6.08 Å². The number of allylic oxidation sites excluding steroid dienone is 1. The molecule has 0 fully saturated rings. The zero-order valence-corrected chi connectivity index (χ0v) is 6.50. The zero-order valence-electron chi connectivity index (χ0n) is 4.92. The SMILES string of the molecule is O[C@@H]1CCC=C(Br)[C@@H]1O. The Morgan fingerprint density at radius 2 is 2.22 bits per heavy atom. The Morgan fingerprint density at radius 1 is 1.56 bits per heavy atom. The Hall–Kier alpha value is 0.140. The highest BCUT2D eigenvalue weighted by Gasteiger charge is 2.21. The van der Waals surface area contributed by atoms with Gasteiger partial charge in [-0.1, -0.05) is 22.0 Å². The van der Waals surface area contributed by atoms with Gasteiger partial charge in [0.1, 0.15) is 6.10 Å². The second-order valence-corrected chi connectivity index (χ2v) is 3.09. The molecule has 3 heteroatoms. The maximum atomic E-state index is 9.08. The minimum atomic E-state index is -0.696. The van der Waals surface area contributed by atoms with Crippen LogP contribution >= 0.6 is 15.9 Å². The Morgan fingerprint density at radius 3 is 2.67 bits per heavy atom. The molecule has 9 heavy (non-hydrogen) atoms. The lowest BCUT2D eigenvalue weighted by Crippen LogP contribution is -2.28. The van der Waals surface area contributed by atoms with E-state index < -0.39 is 12.2 Å². The molecule has 1 aliphatic rings. The van der Waals surface area contributed by atoms with Gasteiger partial charge in [0.05, 0.1) is 6.10 Å². The van der Waals surface area contributed by atoms with Crippen molar-refractivity contribution in [3.8, 4) is 0 Å². The molecule has 0 radical (unpaired) electrons. The van der Waals surface area contributed by atoms with E-state index in [9.17, 15) is 0 Å². The van der Waals surface area contributed by atoms with E-state index in [0.29, 0.717) is 10.9 Å². The van der Waals surface area contributed by atoms with Crippen LogP contribution in [0.25, 0.3) is 0 Å². The summed E-state index contributed by atoms with van der Waals surface area (Å²) in [4.78, 5) is 0. The van der Waals surface area contributed by atoms with Crippen LogP contribution in [0.1, 0.15) is 12.8 Å². The number of rotatable bonds is 0. The van der Waals surface area contributed by atoms with Crippen molar-refractivity contribution in [3.05, 3.63) is 10.6 Å². The highest BCUT2D eigenvalue weighted by molar-refractivity contribution is 9.11. The number of halogens is 1. The van der Waals surface area contributed by atoms with Gasteiger partial charge in [0.2, 0.25) is 0 Å². The molecule has 2 nitrogen and oxygen atoms in total. The first-order valence-corrected chi connectivity index (χ1v) is 3.73. The van der Waals surface area contributed by atoms with Gasteiger partial charge >= 0.3 is 0 Å². The maximum absolute atomic E-state index is 9.08. The van der Waals surface area contributed by atoms with Crippen LogP contribution in [-0.4, -0.2) is 22.4 Å². The van der Waals surface area contributed by atoms with Crippen LogP contribution < -0.4 is 0 Å². The monoisotopic (exact) mass is 192 g/mol. The standard InChI is InChI=1S/C6H9BrO2/c7-4-2-1-3-5(8)6(4)9/h2,5-6,8-9H,1,3H2/t5-,6+/m1/s1. The van der Waals surface area contributed by atoms with Crippen LogP contribution in [0.4, 0.5) is 0 Å². The molecule has 0 saturated carbocycles. The van der Waals surface area contributed by atoms with E-state index in [1.54, 1.807) is 0 Å². The minimum absolute atomic E-state index is 0.579. The Balaban J connectivity index is 2.62. The van der Waals surface area contributed by atoms with E-state index in [2.05, 4.69) is 15.9 Å². The van der Waals surface area contributed by atoms with Crippen molar-refractivity contribution >= 4 is 15.9 Å². The van der Waals surface area contributed by atoms with Gasteiger partial charge in [0.15, 0.2) is 0 Å². The summed E-state index contributed by atoms with van der Waals surface area (Å²) in [7, 11) is 0. The lowest BCUT2D eigenvalue weighted by atomic mass is 10.0. The van der Waals surface area contributed by atoms with Gasteiger partial charge in [-0.05, 0) is 12.8 Å². The molecule has 0 aromatic heterocycles. The largest absolute Gasteiger partial charge is 0.390 e. The van der Waals surface area contributed by atoms with Crippen LogP contribution in [0, 0.1) is 0 Å². The van der Waals surface area contributed by atoms with E-state index >= 15 is 0 Å². The maximum Gasteiger partial charge on any atom is 0.111 e. The molecular formula is C6H9BrO2. The molecule has 0 aromatic carbocycles. The van der Waals surface area contributed by atoms with E-state index in [-0.39, 0.29) is 0 Å². The first-order chi connectivity index (χ1) is 4.22. The quantitative estimate of drug-likeness (QED) is 0.596. The summed E-state index contributed by atoms with van der Waals surface area (Å²) in [6, 6.07) is 0. The molecule has 0 aliphatic heterocycles. The van der Waals surface area contributed by atoms with Crippen molar-refractivity contribution in [1.29, 1.82) is 0 Å². The van der Waals surface area contributed by atoms with Crippen molar-refractivity contribution in [1.82, 2.24) is 0 Å². The van der Waals surface area contributed by atoms with Gasteiger partial charge in [-0.25, -0.2) is 0 Å². The first kappa shape index (κ1) is 7.25. The topological polar surface area (TPSA) is 40.5 Å². The molecule has 0 spiro atoms. The fraction of sp³-hybridized carbons (Fsp3) is 0.667. The predicted octanol–water partition coefficient (Wildman–Crippen LogP) is 0.781. The second kappa shape index (κ2) is 2.82. The lowest BCUT2D eigenvalue weighted by Gasteiger charge is -2.20. The molecule has 2 N–H and O–H groups in total. The summed E-state index contributed by atoms with van der Waals surface area (Å²) < 4.78 is 0.709. The van der Waals surface area contributed by atoms with Gasteiger partial charge < -0.3 is 10.2 Å². The summed E-state index contributed by atoms with van der Waals surface area (Å²) in [6.45, 7) is 0. The first-order valence-electron chi connectivity index (χ1n) is 2.93. The van der Waals surface area contributed by atoms with Gasteiger partial charge in [0, 0.05) is 4.48 Å². The third-order valence-corrected chi connectivity index (χ3v) is 2.24. The average molecular weight is 193 g/mol. The molecule has 0 saturated heterocycles. The summed E-state index contributed by atoms with van der Waals surface area (Å²) in [5.41, 5.74) is 0. The summed E-state index contributed by atoms with van der Waals surface area (Å²) in [6.07, 6.45) is 2.12. The van der Waals surface area contributed by atoms with E-state index in [0.717, 1.165) is 6.42 Å². The molecule has 52 valence electrons.